The van der Waals surface area contributed by atoms with Crippen molar-refractivity contribution in [1.82, 2.24) is 10.6 Å². The molecule has 232 valence electrons. The van der Waals surface area contributed by atoms with Crippen molar-refractivity contribution in [3.05, 3.63) is 71.3 Å². The fourth-order valence-electron chi connectivity index (χ4n) is 4.09. The van der Waals surface area contributed by atoms with Crippen molar-refractivity contribution >= 4 is 25.5 Å². The van der Waals surface area contributed by atoms with Gasteiger partial charge in [-0.3, -0.25) is 9.36 Å². The quantitative estimate of drug-likeness (QED) is 0.154. The van der Waals surface area contributed by atoms with Gasteiger partial charge in [-0.25, -0.2) is 9.59 Å². The molecule has 11 heteroatoms. The largest absolute Gasteiger partial charge is 0.459 e. The van der Waals surface area contributed by atoms with Gasteiger partial charge in [-0.2, -0.15) is 0 Å². The van der Waals surface area contributed by atoms with E-state index in [2.05, 4.69) is 10.6 Å². The first-order valence-electron chi connectivity index (χ1n) is 13.9. The molecule has 0 spiro atoms. The van der Waals surface area contributed by atoms with Crippen LogP contribution in [0.4, 0.5) is 9.59 Å². The second-order valence-corrected chi connectivity index (χ2v) is 15.0. The van der Waals surface area contributed by atoms with E-state index in [1.807, 2.05) is 18.2 Å². The molecule has 3 N–H and O–H groups in total. The van der Waals surface area contributed by atoms with Crippen LogP contribution in [-0.2, 0) is 36.7 Å². The van der Waals surface area contributed by atoms with Crippen molar-refractivity contribution in [2.45, 2.75) is 91.4 Å². The van der Waals surface area contributed by atoms with E-state index < -0.39 is 60.5 Å². The van der Waals surface area contributed by atoms with Gasteiger partial charge in [0.1, 0.15) is 23.6 Å². The van der Waals surface area contributed by atoms with Crippen molar-refractivity contribution in [3.8, 4) is 0 Å². The molecule has 0 saturated carbocycles. The highest BCUT2D eigenvalue weighted by Crippen LogP contribution is 2.51. The number of carbonyl (C=O) groups excluding carboxylic acids is 3. The maximum atomic E-state index is 13.9. The summed E-state index contributed by atoms with van der Waals surface area (Å²) in [4.78, 5) is 49.5. The van der Waals surface area contributed by atoms with Crippen molar-refractivity contribution in [1.29, 1.82) is 0 Å². The Morgan fingerprint density at radius 1 is 0.857 bits per heavy atom. The average Bonchev–Trinajstić information content (AvgIpc) is 2.86. The van der Waals surface area contributed by atoms with Gasteiger partial charge in [-0.05, 0) is 64.2 Å². The number of amides is 2. The fourth-order valence-corrected chi connectivity index (χ4v) is 6.44. The average molecular weight is 605 g/mol. The highest BCUT2D eigenvalue weighted by molar-refractivity contribution is 7.58. The summed E-state index contributed by atoms with van der Waals surface area (Å²) in [7, 11) is -4.22. The van der Waals surface area contributed by atoms with E-state index in [1.54, 1.807) is 91.8 Å². The van der Waals surface area contributed by atoms with Crippen LogP contribution in [0.5, 0.6) is 0 Å². The number of nitrogens with one attached hydrogen (secondary N) is 2. The Morgan fingerprint density at radius 2 is 1.45 bits per heavy atom. The number of alkyl carbamates (subject to hydrolysis) is 2. The van der Waals surface area contributed by atoms with Gasteiger partial charge in [-0.15, -0.1) is 0 Å². The SMILES string of the molecule is CC(C)C(NC(=O)OCc1ccccc1)P(=O)(O)CC(C(=O)OC(C)(C)C)c1cccc(CNC(=O)OC(C)(C)C)c1. The van der Waals surface area contributed by atoms with E-state index in [0.717, 1.165) is 5.56 Å². The molecule has 0 aliphatic rings. The third-order valence-corrected chi connectivity index (χ3v) is 8.35. The second-order valence-electron chi connectivity index (χ2n) is 12.5. The minimum absolute atomic E-state index is 0.00211. The molecule has 0 saturated heterocycles. The monoisotopic (exact) mass is 604 g/mol. The van der Waals surface area contributed by atoms with Crippen LogP contribution in [0.3, 0.4) is 0 Å². The second kappa shape index (κ2) is 14.7. The molecule has 42 heavy (non-hydrogen) atoms. The third kappa shape index (κ3) is 12.2. The lowest BCUT2D eigenvalue weighted by molar-refractivity contribution is -0.156. The normalized spacial score (nSPS) is 14.7. The van der Waals surface area contributed by atoms with Gasteiger partial charge in [0.25, 0.3) is 0 Å². The highest BCUT2D eigenvalue weighted by atomic mass is 31.2. The summed E-state index contributed by atoms with van der Waals surface area (Å²) in [5.74, 6) is -3.43. The van der Waals surface area contributed by atoms with E-state index >= 15 is 0 Å². The smallest absolute Gasteiger partial charge is 0.408 e. The van der Waals surface area contributed by atoms with Crippen LogP contribution in [0, 0.1) is 5.92 Å². The Hall–Kier alpha value is -3.36. The van der Waals surface area contributed by atoms with Gasteiger partial charge < -0.3 is 29.7 Å². The standard InChI is InChI=1S/C31H45N2O8P/c1-21(2)26(33-29(36)39-19-22-13-10-9-11-14-22)42(37,38)20-25(27(34)40-30(3,4)5)24-16-12-15-23(17-24)18-32-28(35)41-31(6,7)8/h9-17,21,25-26H,18-20H2,1-8H3,(H,32,35)(H,33,36)(H,37,38). The summed E-state index contributed by atoms with van der Waals surface area (Å²) in [5.41, 5.74) is 0.359. The highest BCUT2D eigenvalue weighted by Gasteiger charge is 2.41. The number of esters is 1. The van der Waals surface area contributed by atoms with Gasteiger partial charge in [0.2, 0.25) is 7.37 Å². The van der Waals surface area contributed by atoms with Crippen LogP contribution in [-0.4, -0.2) is 46.2 Å². The lowest BCUT2D eigenvalue weighted by Gasteiger charge is -2.30. The van der Waals surface area contributed by atoms with Crippen LogP contribution < -0.4 is 10.6 Å². The Balaban J connectivity index is 2.27. The molecule has 3 unspecified atom stereocenters. The van der Waals surface area contributed by atoms with Crippen molar-refractivity contribution < 1.29 is 38.1 Å². The first-order valence-corrected chi connectivity index (χ1v) is 15.8. The zero-order valence-electron chi connectivity index (χ0n) is 25.8. The van der Waals surface area contributed by atoms with Crippen molar-refractivity contribution in [2.75, 3.05) is 6.16 Å². The van der Waals surface area contributed by atoms with E-state index in [4.69, 9.17) is 14.2 Å². The topological polar surface area (TPSA) is 140 Å². The molecule has 0 bridgehead atoms. The van der Waals surface area contributed by atoms with E-state index in [0.29, 0.717) is 11.1 Å². The van der Waals surface area contributed by atoms with Crippen LogP contribution in [0.2, 0.25) is 0 Å². The third-order valence-electron chi connectivity index (χ3n) is 5.87. The minimum Gasteiger partial charge on any atom is -0.459 e. The molecule has 0 radical (unpaired) electrons. The summed E-state index contributed by atoms with van der Waals surface area (Å²) in [6.45, 7) is 13.9. The molecular weight excluding hydrogens is 559 g/mol. The molecule has 0 fully saturated rings. The number of ether oxygens (including phenoxy) is 3. The van der Waals surface area contributed by atoms with Gasteiger partial charge in [0, 0.05) is 12.7 Å². The molecule has 0 aliphatic carbocycles. The molecular formula is C31H45N2O8P. The number of carbonyl (C=O) groups is 3. The van der Waals surface area contributed by atoms with E-state index in [9.17, 15) is 23.8 Å². The van der Waals surface area contributed by atoms with E-state index in [1.165, 1.54) is 0 Å². The molecule has 0 aromatic heterocycles. The summed E-state index contributed by atoms with van der Waals surface area (Å²) in [6.07, 6.45) is -1.91. The molecule has 2 aromatic carbocycles. The maximum absolute atomic E-state index is 13.9. The van der Waals surface area contributed by atoms with Crippen LogP contribution in [0.1, 0.15) is 78.0 Å². The predicted octanol–water partition coefficient (Wildman–Crippen LogP) is 6.32. The fraction of sp³-hybridized carbons (Fsp3) is 0.516. The Labute approximate surface area is 249 Å². The van der Waals surface area contributed by atoms with Gasteiger partial charge in [0.05, 0.1) is 5.92 Å². The molecule has 2 aromatic rings. The maximum Gasteiger partial charge on any atom is 0.408 e. The zero-order valence-corrected chi connectivity index (χ0v) is 26.7. The lowest BCUT2D eigenvalue weighted by Crippen LogP contribution is -2.40. The minimum atomic E-state index is -4.22. The van der Waals surface area contributed by atoms with Crippen LogP contribution in [0.25, 0.3) is 0 Å². The van der Waals surface area contributed by atoms with Gasteiger partial charge >= 0.3 is 18.2 Å². The number of hydrogen-bond donors (Lipinski definition) is 3. The molecule has 0 heterocycles. The van der Waals surface area contributed by atoms with Crippen LogP contribution >= 0.6 is 7.37 Å². The first-order chi connectivity index (χ1) is 19.4. The Bertz CT molecular complexity index is 1250. The zero-order chi connectivity index (χ0) is 31.7. The first kappa shape index (κ1) is 34.8. The Morgan fingerprint density at radius 3 is 2.02 bits per heavy atom. The van der Waals surface area contributed by atoms with Gasteiger partial charge in [0.15, 0.2) is 0 Å². The molecule has 0 aliphatic heterocycles. The molecule has 2 rings (SSSR count). The summed E-state index contributed by atoms with van der Waals surface area (Å²) < 4.78 is 30.0. The Kier molecular flexibility index (Phi) is 12.2. The van der Waals surface area contributed by atoms with E-state index in [-0.39, 0.29) is 13.2 Å². The number of hydrogen-bond acceptors (Lipinski definition) is 7. The molecule has 3 atom stereocenters. The lowest BCUT2D eigenvalue weighted by atomic mass is 9.98. The summed E-state index contributed by atoms with van der Waals surface area (Å²) >= 11 is 0. The molecule has 10 nitrogen and oxygen atoms in total. The predicted molar refractivity (Wildman–Crippen MR) is 161 cm³/mol. The number of rotatable bonds is 11. The van der Waals surface area contributed by atoms with Crippen LogP contribution in [0.15, 0.2) is 54.6 Å². The van der Waals surface area contributed by atoms with Gasteiger partial charge in [-0.1, -0.05) is 68.4 Å². The number of benzene rings is 2. The molecule has 2 amide bonds. The summed E-state index contributed by atoms with van der Waals surface area (Å²) in [5, 5.41) is 5.22. The van der Waals surface area contributed by atoms with Crippen molar-refractivity contribution in [2.24, 2.45) is 5.92 Å². The van der Waals surface area contributed by atoms with Crippen molar-refractivity contribution in [3.63, 3.8) is 0 Å². The summed E-state index contributed by atoms with van der Waals surface area (Å²) in [6, 6.07) is 15.9.